The minimum absolute atomic E-state index is 0.000371. The third kappa shape index (κ3) is 7.27. The van der Waals surface area contributed by atoms with E-state index in [0.717, 1.165) is 12.8 Å². The first-order valence-electron chi connectivity index (χ1n) is 6.85. The molecule has 0 aromatic heterocycles. The Morgan fingerprint density at radius 2 is 1.72 bits per heavy atom. The summed E-state index contributed by atoms with van der Waals surface area (Å²) in [5.74, 6) is 0.0113. The minimum Gasteiger partial charge on any atom is -0.356 e. The van der Waals surface area contributed by atoms with E-state index in [1.165, 1.54) is 0 Å². The van der Waals surface area contributed by atoms with Crippen molar-refractivity contribution in [2.45, 2.75) is 59.0 Å². The van der Waals surface area contributed by atoms with Gasteiger partial charge in [0.25, 0.3) is 0 Å². The largest absolute Gasteiger partial charge is 0.356 e. The SMILES string of the molecule is CCNC(=O)CCNC(C)C(=O)NC(CC)CC. The molecular weight excluding hydrogens is 230 g/mol. The van der Waals surface area contributed by atoms with Crippen molar-refractivity contribution in [1.29, 1.82) is 0 Å². The van der Waals surface area contributed by atoms with Crippen LogP contribution in [0.3, 0.4) is 0 Å². The van der Waals surface area contributed by atoms with Crippen LogP contribution in [0.2, 0.25) is 0 Å². The number of carbonyl (C=O) groups excluding carboxylic acids is 2. The summed E-state index contributed by atoms with van der Waals surface area (Å²) in [6.07, 6.45) is 2.28. The van der Waals surface area contributed by atoms with Crippen LogP contribution >= 0.6 is 0 Å². The first kappa shape index (κ1) is 16.9. The van der Waals surface area contributed by atoms with Crippen LogP contribution in [0.25, 0.3) is 0 Å². The predicted molar refractivity (Wildman–Crippen MR) is 73.3 cm³/mol. The summed E-state index contributed by atoms with van der Waals surface area (Å²) in [6.45, 7) is 8.97. The fourth-order valence-electron chi connectivity index (χ4n) is 1.60. The minimum atomic E-state index is -0.264. The van der Waals surface area contributed by atoms with Gasteiger partial charge >= 0.3 is 0 Å². The lowest BCUT2D eigenvalue weighted by Crippen LogP contribution is -2.46. The molecule has 0 rings (SSSR count). The zero-order chi connectivity index (χ0) is 14.0. The summed E-state index contributed by atoms with van der Waals surface area (Å²) in [7, 11) is 0. The van der Waals surface area contributed by atoms with Crippen LogP contribution in [-0.2, 0) is 9.59 Å². The Balaban J connectivity index is 3.84. The first-order valence-corrected chi connectivity index (χ1v) is 6.85. The van der Waals surface area contributed by atoms with Gasteiger partial charge < -0.3 is 16.0 Å². The molecule has 0 heterocycles. The second-order valence-electron chi connectivity index (χ2n) is 4.40. The highest BCUT2D eigenvalue weighted by molar-refractivity contribution is 5.81. The Labute approximate surface area is 110 Å². The first-order chi connectivity index (χ1) is 8.54. The predicted octanol–water partition coefficient (Wildman–Crippen LogP) is 0.795. The normalized spacial score (nSPS) is 12.3. The van der Waals surface area contributed by atoms with Gasteiger partial charge in [0.2, 0.25) is 11.8 Å². The van der Waals surface area contributed by atoms with E-state index < -0.39 is 0 Å². The van der Waals surface area contributed by atoms with Crippen molar-refractivity contribution in [2.24, 2.45) is 0 Å². The lowest BCUT2D eigenvalue weighted by molar-refractivity contribution is -0.124. The van der Waals surface area contributed by atoms with Gasteiger partial charge in [-0.05, 0) is 26.7 Å². The summed E-state index contributed by atoms with van der Waals surface area (Å²) < 4.78 is 0. The van der Waals surface area contributed by atoms with Crippen molar-refractivity contribution in [3.05, 3.63) is 0 Å². The van der Waals surface area contributed by atoms with Crippen molar-refractivity contribution < 1.29 is 9.59 Å². The quantitative estimate of drug-likeness (QED) is 0.572. The Morgan fingerprint density at radius 1 is 1.11 bits per heavy atom. The van der Waals surface area contributed by atoms with Crippen LogP contribution in [0, 0.1) is 0 Å². The van der Waals surface area contributed by atoms with Crippen LogP contribution in [0.15, 0.2) is 0 Å². The lowest BCUT2D eigenvalue weighted by Gasteiger charge is -2.19. The van der Waals surface area contributed by atoms with Gasteiger partial charge in [-0.2, -0.15) is 0 Å². The highest BCUT2D eigenvalue weighted by Gasteiger charge is 2.15. The third-order valence-corrected chi connectivity index (χ3v) is 2.90. The zero-order valence-corrected chi connectivity index (χ0v) is 12.0. The number of hydrogen-bond donors (Lipinski definition) is 3. The molecule has 3 N–H and O–H groups in total. The van der Waals surface area contributed by atoms with E-state index >= 15 is 0 Å². The Hall–Kier alpha value is -1.10. The molecule has 0 aliphatic heterocycles. The van der Waals surface area contributed by atoms with Crippen LogP contribution in [-0.4, -0.2) is 37.0 Å². The maximum atomic E-state index is 11.8. The van der Waals surface area contributed by atoms with Gasteiger partial charge in [0.15, 0.2) is 0 Å². The molecule has 1 unspecified atom stereocenters. The van der Waals surface area contributed by atoms with Gasteiger partial charge in [0.05, 0.1) is 6.04 Å². The van der Waals surface area contributed by atoms with Crippen LogP contribution in [0.1, 0.15) is 47.0 Å². The van der Waals surface area contributed by atoms with Crippen molar-refractivity contribution in [3.63, 3.8) is 0 Å². The van der Waals surface area contributed by atoms with Crippen LogP contribution in [0.5, 0.6) is 0 Å². The second kappa shape index (κ2) is 9.88. The number of hydrogen-bond acceptors (Lipinski definition) is 3. The van der Waals surface area contributed by atoms with E-state index in [4.69, 9.17) is 0 Å². The molecule has 5 heteroatoms. The van der Waals surface area contributed by atoms with E-state index in [-0.39, 0.29) is 23.9 Å². The Morgan fingerprint density at radius 3 is 2.22 bits per heavy atom. The molecule has 0 aliphatic carbocycles. The molecule has 0 aliphatic rings. The number of nitrogens with one attached hydrogen (secondary N) is 3. The molecule has 0 saturated carbocycles. The van der Waals surface area contributed by atoms with E-state index in [0.29, 0.717) is 19.5 Å². The molecule has 5 nitrogen and oxygen atoms in total. The van der Waals surface area contributed by atoms with Gasteiger partial charge in [-0.25, -0.2) is 0 Å². The van der Waals surface area contributed by atoms with Gasteiger partial charge in [0, 0.05) is 25.6 Å². The Bertz CT molecular complexity index is 253. The van der Waals surface area contributed by atoms with Crippen molar-refractivity contribution in [1.82, 2.24) is 16.0 Å². The summed E-state index contributed by atoms with van der Waals surface area (Å²) in [6, 6.07) is -0.0230. The fourth-order valence-corrected chi connectivity index (χ4v) is 1.60. The molecule has 106 valence electrons. The summed E-state index contributed by atoms with van der Waals surface area (Å²) in [4.78, 5) is 23.0. The fraction of sp³-hybridized carbons (Fsp3) is 0.846. The van der Waals surface area contributed by atoms with Gasteiger partial charge in [-0.15, -0.1) is 0 Å². The molecule has 0 bridgehead atoms. The molecule has 0 saturated heterocycles. The van der Waals surface area contributed by atoms with E-state index in [1.807, 2.05) is 13.8 Å². The topological polar surface area (TPSA) is 70.2 Å². The van der Waals surface area contributed by atoms with Gasteiger partial charge in [-0.1, -0.05) is 13.8 Å². The zero-order valence-electron chi connectivity index (χ0n) is 12.0. The molecule has 0 spiro atoms. The summed E-state index contributed by atoms with van der Waals surface area (Å²) in [5, 5.41) is 8.75. The molecule has 0 radical (unpaired) electrons. The van der Waals surface area contributed by atoms with E-state index in [2.05, 4.69) is 29.8 Å². The average Bonchev–Trinajstić information content (AvgIpc) is 2.35. The van der Waals surface area contributed by atoms with Gasteiger partial charge in [-0.3, -0.25) is 9.59 Å². The van der Waals surface area contributed by atoms with Crippen molar-refractivity contribution >= 4 is 11.8 Å². The number of carbonyl (C=O) groups is 2. The molecule has 18 heavy (non-hydrogen) atoms. The highest BCUT2D eigenvalue weighted by atomic mass is 16.2. The molecule has 0 aromatic rings. The maximum Gasteiger partial charge on any atom is 0.237 e. The highest BCUT2D eigenvalue weighted by Crippen LogP contribution is 1.97. The molecule has 0 fully saturated rings. The van der Waals surface area contributed by atoms with Gasteiger partial charge in [0.1, 0.15) is 0 Å². The van der Waals surface area contributed by atoms with E-state index in [9.17, 15) is 9.59 Å². The number of rotatable bonds is 9. The van der Waals surface area contributed by atoms with Crippen LogP contribution in [0.4, 0.5) is 0 Å². The molecule has 2 amide bonds. The summed E-state index contributed by atoms with van der Waals surface area (Å²) >= 11 is 0. The second-order valence-corrected chi connectivity index (χ2v) is 4.40. The monoisotopic (exact) mass is 257 g/mol. The van der Waals surface area contributed by atoms with Crippen molar-refractivity contribution in [2.75, 3.05) is 13.1 Å². The Kier molecular flexibility index (Phi) is 9.28. The maximum absolute atomic E-state index is 11.8. The smallest absolute Gasteiger partial charge is 0.237 e. The molecule has 0 aromatic carbocycles. The summed E-state index contributed by atoms with van der Waals surface area (Å²) in [5.41, 5.74) is 0. The molecular formula is C13H27N3O2. The standard InChI is InChI=1S/C13H27N3O2/c1-5-11(6-2)16-13(18)10(4)15-9-8-12(17)14-7-3/h10-11,15H,5-9H2,1-4H3,(H,14,17)(H,16,18). The number of amides is 2. The van der Waals surface area contributed by atoms with E-state index in [1.54, 1.807) is 0 Å². The van der Waals surface area contributed by atoms with Crippen LogP contribution < -0.4 is 16.0 Å². The molecule has 1 atom stereocenters. The average molecular weight is 257 g/mol. The van der Waals surface area contributed by atoms with Crippen molar-refractivity contribution in [3.8, 4) is 0 Å². The lowest BCUT2D eigenvalue weighted by atomic mass is 10.1. The third-order valence-electron chi connectivity index (χ3n) is 2.90.